The number of thioether (sulfide) groups is 1. The first-order chi connectivity index (χ1) is 14.2. The van der Waals surface area contributed by atoms with Crippen LogP contribution in [0, 0.1) is 0 Å². The summed E-state index contributed by atoms with van der Waals surface area (Å²) in [6, 6.07) is 13.6. The third-order valence-corrected chi connectivity index (χ3v) is 5.99. The standard InChI is InChI=1S/C20H21BrN6OS/c21-15-9-10-17(22-13-15)23-18(28)14-29-20-25-24-19(26-11-5-2-6-12-26)27(20)16-7-3-1-4-8-16/h1,3-4,7-10,13H,2,5-6,11-12,14H2,(H,22,23,28). The van der Waals surface area contributed by atoms with Gasteiger partial charge in [0, 0.05) is 23.8 Å². The minimum Gasteiger partial charge on any atom is -0.341 e. The van der Waals surface area contributed by atoms with Crippen molar-refractivity contribution in [3.05, 3.63) is 53.1 Å². The van der Waals surface area contributed by atoms with E-state index in [0.29, 0.717) is 11.0 Å². The molecule has 1 N–H and O–H groups in total. The van der Waals surface area contributed by atoms with Crippen molar-refractivity contribution in [3.8, 4) is 5.69 Å². The molecule has 1 saturated heterocycles. The zero-order chi connectivity index (χ0) is 20.1. The van der Waals surface area contributed by atoms with Gasteiger partial charge in [0.25, 0.3) is 0 Å². The Balaban J connectivity index is 1.51. The topological polar surface area (TPSA) is 75.9 Å². The number of pyridine rings is 1. The number of carbonyl (C=O) groups excluding carboxylic acids is 1. The zero-order valence-corrected chi connectivity index (χ0v) is 18.2. The van der Waals surface area contributed by atoms with Gasteiger partial charge >= 0.3 is 0 Å². The van der Waals surface area contributed by atoms with Crippen LogP contribution in [0.25, 0.3) is 5.69 Å². The molecule has 2 aromatic heterocycles. The fourth-order valence-electron chi connectivity index (χ4n) is 3.22. The number of anilines is 2. The zero-order valence-electron chi connectivity index (χ0n) is 15.8. The van der Waals surface area contributed by atoms with Gasteiger partial charge in [-0.1, -0.05) is 30.0 Å². The summed E-state index contributed by atoms with van der Waals surface area (Å²) in [4.78, 5) is 18.8. The smallest absolute Gasteiger partial charge is 0.236 e. The number of rotatable bonds is 6. The van der Waals surface area contributed by atoms with Gasteiger partial charge in [-0.25, -0.2) is 4.98 Å². The first-order valence-electron chi connectivity index (χ1n) is 9.51. The number of halogens is 1. The lowest BCUT2D eigenvalue weighted by Gasteiger charge is -2.27. The van der Waals surface area contributed by atoms with Crippen LogP contribution in [0.5, 0.6) is 0 Å². The normalized spacial score (nSPS) is 14.0. The van der Waals surface area contributed by atoms with Gasteiger partial charge in [-0.05, 0) is 59.5 Å². The minimum atomic E-state index is -0.132. The van der Waals surface area contributed by atoms with Crippen LogP contribution in [0.3, 0.4) is 0 Å². The summed E-state index contributed by atoms with van der Waals surface area (Å²) in [5, 5.41) is 12.4. The third-order valence-electron chi connectivity index (χ3n) is 4.60. The maximum atomic E-state index is 12.4. The molecule has 0 bridgehead atoms. The highest BCUT2D eigenvalue weighted by atomic mass is 79.9. The highest BCUT2D eigenvalue weighted by molar-refractivity contribution is 9.10. The predicted octanol–water partition coefficient (Wildman–Crippen LogP) is 4.15. The Hall–Kier alpha value is -2.39. The second kappa shape index (κ2) is 9.41. The number of benzene rings is 1. The predicted molar refractivity (Wildman–Crippen MR) is 119 cm³/mol. The van der Waals surface area contributed by atoms with E-state index in [1.54, 1.807) is 12.3 Å². The van der Waals surface area contributed by atoms with Crippen LogP contribution >= 0.6 is 27.7 Å². The van der Waals surface area contributed by atoms with Crippen LogP contribution in [0.15, 0.2) is 58.3 Å². The largest absolute Gasteiger partial charge is 0.341 e. The van der Waals surface area contributed by atoms with Gasteiger partial charge in [0.05, 0.1) is 11.4 Å². The number of carbonyl (C=O) groups is 1. The van der Waals surface area contributed by atoms with Crippen LogP contribution in [-0.2, 0) is 4.79 Å². The van der Waals surface area contributed by atoms with Crippen molar-refractivity contribution in [1.29, 1.82) is 0 Å². The van der Waals surface area contributed by atoms with E-state index in [-0.39, 0.29) is 11.7 Å². The average Bonchev–Trinajstić information content (AvgIpc) is 3.19. The van der Waals surface area contributed by atoms with Crippen LogP contribution in [0.1, 0.15) is 19.3 Å². The molecular weight excluding hydrogens is 452 g/mol. The molecule has 1 aromatic carbocycles. The molecule has 0 aliphatic carbocycles. The maximum Gasteiger partial charge on any atom is 0.236 e. The third kappa shape index (κ3) is 4.97. The second-order valence-corrected chi connectivity index (χ2v) is 8.56. The number of nitrogens with one attached hydrogen (secondary N) is 1. The summed E-state index contributed by atoms with van der Waals surface area (Å²) < 4.78 is 2.91. The molecule has 1 aliphatic rings. The first-order valence-corrected chi connectivity index (χ1v) is 11.3. The fourth-order valence-corrected chi connectivity index (χ4v) is 4.20. The van der Waals surface area contributed by atoms with Gasteiger partial charge in [-0.2, -0.15) is 0 Å². The summed E-state index contributed by atoms with van der Waals surface area (Å²) in [6.45, 7) is 1.96. The Morgan fingerprint density at radius 3 is 2.59 bits per heavy atom. The van der Waals surface area contributed by atoms with Crippen molar-refractivity contribution in [1.82, 2.24) is 19.7 Å². The van der Waals surface area contributed by atoms with E-state index in [0.717, 1.165) is 42.0 Å². The highest BCUT2D eigenvalue weighted by Crippen LogP contribution is 2.28. The second-order valence-electron chi connectivity index (χ2n) is 6.70. The summed E-state index contributed by atoms with van der Waals surface area (Å²) in [6.07, 6.45) is 5.22. The molecule has 1 aliphatic heterocycles. The van der Waals surface area contributed by atoms with E-state index in [1.807, 2.05) is 41.0 Å². The van der Waals surface area contributed by atoms with Crippen LogP contribution in [0.4, 0.5) is 11.8 Å². The van der Waals surface area contributed by atoms with Crippen LogP contribution in [-0.4, -0.2) is 44.5 Å². The monoisotopic (exact) mass is 472 g/mol. The van der Waals surface area contributed by atoms with E-state index in [4.69, 9.17) is 0 Å². The molecule has 3 heterocycles. The van der Waals surface area contributed by atoms with Gasteiger partial charge in [-0.3, -0.25) is 9.36 Å². The molecule has 0 radical (unpaired) electrons. The Bertz CT molecular complexity index is 957. The van der Waals surface area contributed by atoms with Crippen molar-refractivity contribution in [2.75, 3.05) is 29.1 Å². The first kappa shape index (κ1) is 19.9. The molecule has 7 nitrogen and oxygen atoms in total. The molecule has 1 amide bonds. The maximum absolute atomic E-state index is 12.4. The lowest BCUT2D eigenvalue weighted by molar-refractivity contribution is -0.113. The lowest BCUT2D eigenvalue weighted by Crippen LogP contribution is -2.31. The SMILES string of the molecule is O=C(CSc1nnc(N2CCCCC2)n1-c1ccccc1)Nc1ccc(Br)cn1. The molecule has 0 saturated carbocycles. The van der Waals surface area contributed by atoms with Gasteiger partial charge in [-0.15, -0.1) is 10.2 Å². The number of aromatic nitrogens is 4. The van der Waals surface area contributed by atoms with E-state index < -0.39 is 0 Å². The fraction of sp³-hybridized carbons (Fsp3) is 0.300. The molecule has 0 atom stereocenters. The van der Waals surface area contributed by atoms with Crippen molar-refractivity contribution >= 4 is 45.4 Å². The van der Waals surface area contributed by atoms with Crippen molar-refractivity contribution in [2.45, 2.75) is 24.4 Å². The molecular formula is C20H21BrN6OS. The molecule has 4 rings (SSSR count). The number of hydrogen-bond donors (Lipinski definition) is 1. The summed E-state index contributed by atoms with van der Waals surface area (Å²) in [7, 11) is 0. The van der Waals surface area contributed by atoms with Crippen LogP contribution in [0.2, 0.25) is 0 Å². The van der Waals surface area contributed by atoms with Gasteiger partial charge < -0.3 is 10.2 Å². The number of hydrogen-bond acceptors (Lipinski definition) is 6. The van der Waals surface area contributed by atoms with Crippen molar-refractivity contribution < 1.29 is 4.79 Å². The van der Waals surface area contributed by atoms with E-state index in [1.165, 1.54) is 18.2 Å². The number of amides is 1. The summed E-state index contributed by atoms with van der Waals surface area (Å²) in [5.41, 5.74) is 0.996. The van der Waals surface area contributed by atoms with E-state index in [2.05, 4.69) is 41.3 Å². The molecule has 29 heavy (non-hydrogen) atoms. The van der Waals surface area contributed by atoms with Crippen molar-refractivity contribution in [2.24, 2.45) is 0 Å². The minimum absolute atomic E-state index is 0.132. The summed E-state index contributed by atoms with van der Waals surface area (Å²) >= 11 is 4.71. The molecule has 1 fully saturated rings. The molecule has 0 spiro atoms. The molecule has 0 unspecified atom stereocenters. The van der Waals surface area contributed by atoms with Crippen molar-refractivity contribution in [3.63, 3.8) is 0 Å². The Kier molecular flexibility index (Phi) is 6.46. The van der Waals surface area contributed by atoms with Gasteiger partial charge in [0.1, 0.15) is 5.82 Å². The average molecular weight is 473 g/mol. The Morgan fingerprint density at radius 1 is 1.07 bits per heavy atom. The van der Waals surface area contributed by atoms with Gasteiger partial charge in [0.15, 0.2) is 5.16 Å². The number of para-hydroxylation sites is 1. The Morgan fingerprint density at radius 2 is 1.86 bits per heavy atom. The van der Waals surface area contributed by atoms with Gasteiger partial charge in [0.2, 0.25) is 11.9 Å². The summed E-state index contributed by atoms with van der Waals surface area (Å²) in [5.74, 6) is 1.46. The molecule has 3 aromatic rings. The Labute approximate surface area is 182 Å². The number of piperidine rings is 1. The van der Waals surface area contributed by atoms with Crippen LogP contribution < -0.4 is 10.2 Å². The van der Waals surface area contributed by atoms with E-state index in [9.17, 15) is 4.79 Å². The molecule has 150 valence electrons. The number of nitrogens with zero attached hydrogens (tertiary/aromatic N) is 5. The molecule has 9 heteroatoms. The van der Waals surface area contributed by atoms with E-state index >= 15 is 0 Å². The highest BCUT2D eigenvalue weighted by Gasteiger charge is 2.22. The lowest BCUT2D eigenvalue weighted by atomic mass is 10.1. The quantitative estimate of drug-likeness (QED) is 0.543.